The number of aromatic hydroxyl groups is 1. The van der Waals surface area contributed by atoms with Gasteiger partial charge in [-0.15, -0.1) is 0 Å². The number of aromatic nitrogens is 5. The van der Waals surface area contributed by atoms with Gasteiger partial charge in [0.15, 0.2) is 5.65 Å². The summed E-state index contributed by atoms with van der Waals surface area (Å²) >= 11 is 0. The predicted molar refractivity (Wildman–Crippen MR) is 136 cm³/mol. The molecule has 0 aliphatic carbocycles. The number of hydrogen-bond acceptors (Lipinski definition) is 6. The Labute approximate surface area is 203 Å². The molecular formula is C28H26N6O. The molecule has 0 unspecified atom stereocenters. The highest BCUT2D eigenvalue weighted by molar-refractivity contribution is 5.87. The number of likely N-dealkylation sites (tertiary alicyclic amines) is 1. The lowest BCUT2D eigenvalue weighted by molar-refractivity contribution is 0.154. The number of para-hydroxylation sites is 1. The Kier molecular flexibility index (Phi) is 5.26. The van der Waals surface area contributed by atoms with Crippen LogP contribution < -0.4 is 0 Å². The number of rotatable bonds is 5. The second-order valence-electron chi connectivity index (χ2n) is 9.07. The van der Waals surface area contributed by atoms with E-state index in [-0.39, 0.29) is 5.75 Å². The number of fused-ring (bicyclic) bond motifs is 1. The van der Waals surface area contributed by atoms with E-state index in [0.717, 1.165) is 70.3 Å². The van der Waals surface area contributed by atoms with E-state index in [1.54, 1.807) is 10.6 Å². The number of aryl methyl sites for hydroxylation is 1. The molecule has 35 heavy (non-hydrogen) atoms. The molecule has 1 aliphatic rings. The third-order valence-corrected chi connectivity index (χ3v) is 6.73. The Bertz CT molecular complexity index is 1520. The summed E-state index contributed by atoms with van der Waals surface area (Å²) < 4.78 is 1.79. The van der Waals surface area contributed by atoms with Crippen molar-refractivity contribution < 1.29 is 5.11 Å². The molecule has 0 bridgehead atoms. The van der Waals surface area contributed by atoms with Gasteiger partial charge in [-0.2, -0.15) is 15.3 Å². The summed E-state index contributed by atoms with van der Waals surface area (Å²) in [7, 11) is 0. The second-order valence-corrected chi connectivity index (χ2v) is 9.07. The largest absolute Gasteiger partial charge is 0.507 e. The van der Waals surface area contributed by atoms with Gasteiger partial charge < -0.3 is 10.0 Å². The third-order valence-electron chi connectivity index (χ3n) is 6.73. The van der Waals surface area contributed by atoms with Gasteiger partial charge in [-0.3, -0.25) is 0 Å². The van der Waals surface area contributed by atoms with Crippen LogP contribution in [0.3, 0.4) is 0 Å². The number of nitrogens with zero attached hydrogens (tertiary/aromatic N) is 6. The molecule has 1 aliphatic heterocycles. The molecule has 0 atom stereocenters. The molecule has 3 aromatic heterocycles. The molecule has 0 radical (unpaired) electrons. The Balaban J connectivity index is 1.42. The van der Waals surface area contributed by atoms with Crippen LogP contribution in [0.1, 0.15) is 24.2 Å². The summed E-state index contributed by atoms with van der Waals surface area (Å²) in [6.45, 7) is 7.28. The monoisotopic (exact) mass is 462 g/mol. The highest BCUT2D eigenvalue weighted by Gasteiger charge is 2.28. The topological polar surface area (TPSA) is 79.4 Å². The molecule has 1 N–H and O–H groups in total. The molecule has 174 valence electrons. The number of phenolic OH excluding ortho intramolecular Hbond substituents is 1. The van der Waals surface area contributed by atoms with Crippen molar-refractivity contribution in [3.8, 4) is 39.4 Å². The summed E-state index contributed by atoms with van der Waals surface area (Å²) in [5.41, 5.74) is 7.85. The number of phenols is 1. The number of benzene rings is 2. The number of likely N-dealkylation sites (N-methyl/N-ethyl adjacent to an activating group) is 1. The molecule has 0 amide bonds. The van der Waals surface area contributed by atoms with Crippen LogP contribution in [0.25, 0.3) is 39.3 Å². The van der Waals surface area contributed by atoms with Gasteiger partial charge in [0.1, 0.15) is 5.75 Å². The Morgan fingerprint density at radius 2 is 1.71 bits per heavy atom. The van der Waals surface area contributed by atoms with E-state index in [1.807, 2.05) is 61.7 Å². The third kappa shape index (κ3) is 3.94. The summed E-state index contributed by atoms with van der Waals surface area (Å²) in [5.74, 6) is 0.669. The van der Waals surface area contributed by atoms with E-state index in [9.17, 15) is 5.11 Å². The minimum Gasteiger partial charge on any atom is -0.507 e. The van der Waals surface area contributed by atoms with Gasteiger partial charge in [-0.05, 0) is 55.4 Å². The molecular weight excluding hydrogens is 436 g/mol. The van der Waals surface area contributed by atoms with Crippen LogP contribution in [0.5, 0.6) is 5.75 Å². The average molecular weight is 463 g/mol. The standard InChI is InChI=1S/C28H26N6O/c1-3-33-16-20(17-33)24-10-11-26(31-30-24)21-9-8-19(14-23(21)22-6-4-5-7-27(22)35)25-12-13-28-29-18(2)15-34(28)32-25/h4-15,20,35H,3,16-17H2,1-2H3. The van der Waals surface area contributed by atoms with Crippen molar-refractivity contribution in [1.29, 1.82) is 0 Å². The molecule has 4 heterocycles. The maximum Gasteiger partial charge on any atom is 0.153 e. The zero-order valence-corrected chi connectivity index (χ0v) is 19.8. The van der Waals surface area contributed by atoms with Crippen LogP contribution in [0, 0.1) is 6.92 Å². The Morgan fingerprint density at radius 1 is 0.886 bits per heavy atom. The summed E-state index contributed by atoms with van der Waals surface area (Å²) in [5, 5.41) is 24.6. The van der Waals surface area contributed by atoms with Gasteiger partial charge in [-0.25, -0.2) is 9.50 Å². The van der Waals surface area contributed by atoms with E-state index >= 15 is 0 Å². The Morgan fingerprint density at radius 3 is 2.49 bits per heavy atom. The lowest BCUT2D eigenvalue weighted by atomic mass is 9.93. The van der Waals surface area contributed by atoms with Crippen LogP contribution in [0.15, 0.2) is 72.9 Å². The summed E-state index contributed by atoms with van der Waals surface area (Å²) in [6.07, 6.45) is 1.91. The molecule has 7 nitrogen and oxygen atoms in total. The minimum atomic E-state index is 0.221. The first-order valence-corrected chi connectivity index (χ1v) is 11.9. The summed E-state index contributed by atoms with van der Waals surface area (Å²) in [6, 6.07) is 21.6. The van der Waals surface area contributed by atoms with Crippen molar-refractivity contribution >= 4 is 5.65 Å². The van der Waals surface area contributed by atoms with Crippen molar-refractivity contribution in [2.75, 3.05) is 19.6 Å². The van der Waals surface area contributed by atoms with Crippen molar-refractivity contribution in [2.24, 2.45) is 0 Å². The fraction of sp³-hybridized carbons (Fsp3) is 0.214. The molecule has 0 saturated carbocycles. The smallest absolute Gasteiger partial charge is 0.153 e. The highest BCUT2D eigenvalue weighted by atomic mass is 16.3. The molecule has 1 saturated heterocycles. The van der Waals surface area contributed by atoms with Crippen molar-refractivity contribution in [1.82, 2.24) is 29.7 Å². The van der Waals surface area contributed by atoms with E-state index in [0.29, 0.717) is 5.92 Å². The van der Waals surface area contributed by atoms with Crippen LogP contribution >= 0.6 is 0 Å². The fourth-order valence-electron chi connectivity index (χ4n) is 4.72. The van der Waals surface area contributed by atoms with Crippen LogP contribution in [0.4, 0.5) is 0 Å². The quantitative estimate of drug-likeness (QED) is 0.398. The van der Waals surface area contributed by atoms with Gasteiger partial charge in [0.25, 0.3) is 0 Å². The molecule has 7 heteroatoms. The van der Waals surface area contributed by atoms with Crippen molar-refractivity contribution in [3.63, 3.8) is 0 Å². The number of imidazole rings is 1. The second kappa shape index (κ2) is 8.60. The van der Waals surface area contributed by atoms with E-state index in [1.165, 1.54) is 0 Å². The van der Waals surface area contributed by atoms with E-state index in [2.05, 4.69) is 39.1 Å². The molecule has 1 fully saturated rings. The van der Waals surface area contributed by atoms with E-state index < -0.39 is 0 Å². The van der Waals surface area contributed by atoms with Gasteiger partial charge in [-0.1, -0.05) is 37.3 Å². The zero-order chi connectivity index (χ0) is 23.9. The van der Waals surface area contributed by atoms with Gasteiger partial charge >= 0.3 is 0 Å². The maximum absolute atomic E-state index is 10.7. The van der Waals surface area contributed by atoms with Crippen molar-refractivity contribution in [2.45, 2.75) is 19.8 Å². The highest BCUT2D eigenvalue weighted by Crippen LogP contribution is 2.38. The van der Waals surface area contributed by atoms with Crippen molar-refractivity contribution in [3.05, 3.63) is 84.3 Å². The van der Waals surface area contributed by atoms with Gasteiger partial charge in [0, 0.05) is 35.7 Å². The SMILES string of the molecule is CCN1CC(c2ccc(-c3ccc(-c4ccc5nc(C)cn5n4)cc3-c3ccccc3O)nn2)C1. The van der Waals surface area contributed by atoms with Crippen LogP contribution in [-0.4, -0.2) is 54.4 Å². The first-order valence-electron chi connectivity index (χ1n) is 11.9. The maximum atomic E-state index is 10.7. The number of hydrogen-bond donors (Lipinski definition) is 1. The first kappa shape index (κ1) is 21.4. The normalized spacial score (nSPS) is 14.3. The van der Waals surface area contributed by atoms with Gasteiger partial charge in [0.2, 0.25) is 0 Å². The van der Waals surface area contributed by atoms with Crippen LogP contribution in [-0.2, 0) is 0 Å². The molecule has 2 aromatic carbocycles. The predicted octanol–water partition coefficient (Wildman–Crippen LogP) is 4.95. The fourth-order valence-corrected chi connectivity index (χ4v) is 4.72. The minimum absolute atomic E-state index is 0.221. The average Bonchev–Trinajstić information content (AvgIpc) is 3.23. The molecule has 5 aromatic rings. The zero-order valence-electron chi connectivity index (χ0n) is 19.8. The van der Waals surface area contributed by atoms with Crippen LogP contribution in [0.2, 0.25) is 0 Å². The first-order chi connectivity index (χ1) is 17.1. The van der Waals surface area contributed by atoms with Gasteiger partial charge in [0.05, 0.1) is 29.0 Å². The lowest BCUT2D eigenvalue weighted by Crippen LogP contribution is -2.44. The Hall–Kier alpha value is -4.10. The summed E-state index contributed by atoms with van der Waals surface area (Å²) in [4.78, 5) is 6.86. The van der Waals surface area contributed by atoms with E-state index in [4.69, 9.17) is 5.10 Å². The molecule has 6 rings (SSSR count). The lowest BCUT2D eigenvalue weighted by Gasteiger charge is -2.37. The molecule has 0 spiro atoms.